The van der Waals surface area contributed by atoms with Gasteiger partial charge in [-0.2, -0.15) is 0 Å². The van der Waals surface area contributed by atoms with E-state index in [0.29, 0.717) is 12.4 Å². The van der Waals surface area contributed by atoms with Crippen LogP contribution in [0.4, 0.5) is 5.82 Å². The van der Waals surface area contributed by atoms with Crippen LogP contribution in [0.25, 0.3) is 0 Å². The molecular formula is C12H21N3O2. The Bertz CT molecular complexity index is 432. The zero-order valence-corrected chi connectivity index (χ0v) is 11.1. The van der Waals surface area contributed by atoms with Gasteiger partial charge in [0.15, 0.2) is 5.82 Å². The molecule has 0 bridgehead atoms. The van der Waals surface area contributed by atoms with Crippen LogP contribution in [0.1, 0.15) is 33.7 Å². The van der Waals surface area contributed by atoms with Crippen molar-refractivity contribution in [1.29, 1.82) is 0 Å². The van der Waals surface area contributed by atoms with Crippen molar-refractivity contribution in [3.05, 3.63) is 22.7 Å². The van der Waals surface area contributed by atoms with Crippen molar-refractivity contribution in [2.45, 2.75) is 39.3 Å². The average molecular weight is 239 g/mol. The lowest BCUT2D eigenvalue weighted by atomic mass is 10.1. The van der Waals surface area contributed by atoms with Gasteiger partial charge >= 0.3 is 0 Å². The minimum Gasteiger partial charge on any atom is -0.389 e. The van der Waals surface area contributed by atoms with Crippen molar-refractivity contribution in [3.63, 3.8) is 0 Å². The molecule has 1 aromatic rings. The highest BCUT2D eigenvalue weighted by molar-refractivity contribution is 5.34. The maximum Gasteiger partial charge on any atom is 0.293 e. The van der Waals surface area contributed by atoms with Gasteiger partial charge in [0.25, 0.3) is 5.56 Å². The predicted octanol–water partition coefficient (Wildman–Crippen LogP) is 1.03. The van der Waals surface area contributed by atoms with E-state index < -0.39 is 5.60 Å². The zero-order chi connectivity index (χ0) is 13.2. The first-order valence-electron chi connectivity index (χ1n) is 5.73. The van der Waals surface area contributed by atoms with Crippen molar-refractivity contribution < 1.29 is 5.11 Å². The summed E-state index contributed by atoms with van der Waals surface area (Å²) in [5, 5.41) is 9.74. The lowest BCUT2D eigenvalue weighted by Crippen LogP contribution is -2.40. The van der Waals surface area contributed by atoms with Crippen LogP contribution in [0.5, 0.6) is 0 Å². The molecule has 0 radical (unpaired) electrons. The molecule has 0 atom stereocenters. The molecule has 5 nitrogen and oxygen atoms in total. The molecule has 17 heavy (non-hydrogen) atoms. The average Bonchev–Trinajstić information content (AvgIpc) is 2.14. The Balaban J connectivity index is 3.07. The van der Waals surface area contributed by atoms with Crippen LogP contribution >= 0.6 is 0 Å². The topological polar surface area (TPSA) is 58.4 Å². The fourth-order valence-corrected chi connectivity index (χ4v) is 1.74. The zero-order valence-electron chi connectivity index (χ0n) is 11.1. The van der Waals surface area contributed by atoms with Crippen LogP contribution in [-0.2, 0) is 0 Å². The molecule has 1 aromatic heterocycles. The number of aromatic nitrogens is 2. The second-order valence-electron chi connectivity index (χ2n) is 5.23. The number of likely N-dealkylation sites (N-methyl/N-ethyl adjacent to an activating group) is 1. The molecule has 0 saturated carbocycles. The second-order valence-corrected chi connectivity index (χ2v) is 5.23. The largest absolute Gasteiger partial charge is 0.389 e. The van der Waals surface area contributed by atoms with Gasteiger partial charge in [0.2, 0.25) is 0 Å². The van der Waals surface area contributed by atoms with Crippen molar-refractivity contribution in [2.24, 2.45) is 0 Å². The third-order valence-corrected chi connectivity index (χ3v) is 2.39. The molecule has 1 heterocycles. The number of hydrogen-bond donors (Lipinski definition) is 1. The normalized spacial score (nSPS) is 11.9. The van der Waals surface area contributed by atoms with Crippen molar-refractivity contribution >= 4 is 5.82 Å². The molecule has 0 saturated heterocycles. The van der Waals surface area contributed by atoms with Crippen molar-refractivity contribution in [1.82, 2.24) is 9.55 Å². The van der Waals surface area contributed by atoms with E-state index >= 15 is 0 Å². The first kappa shape index (κ1) is 13.7. The summed E-state index contributed by atoms with van der Waals surface area (Å²) < 4.78 is 1.63. The number of aliphatic hydroxyl groups is 1. The first-order chi connectivity index (χ1) is 7.72. The number of nitrogens with zero attached hydrogens (tertiary/aromatic N) is 3. The fourth-order valence-electron chi connectivity index (χ4n) is 1.74. The summed E-state index contributed by atoms with van der Waals surface area (Å²) in [6.07, 6.45) is 3.28. The molecule has 1 rings (SSSR count). The molecule has 0 unspecified atom stereocenters. The molecule has 0 aliphatic heterocycles. The highest BCUT2D eigenvalue weighted by Gasteiger charge is 2.19. The summed E-state index contributed by atoms with van der Waals surface area (Å²) in [5.74, 6) is 0.364. The van der Waals surface area contributed by atoms with Gasteiger partial charge in [-0.25, -0.2) is 4.98 Å². The Kier molecular flexibility index (Phi) is 3.93. The van der Waals surface area contributed by atoms with Gasteiger partial charge in [0.1, 0.15) is 0 Å². The third kappa shape index (κ3) is 3.56. The summed E-state index contributed by atoms with van der Waals surface area (Å²) in [4.78, 5) is 17.9. The predicted molar refractivity (Wildman–Crippen MR) is 68.4 cm³/mol. The quantitative estimate of drug-likeness (QED) is 0.852. The van der Waals surface area contributed by atoms with Gasteiger partial charge in [-0.05, 0) is 27.7 Å². The van der Waals surface area contributed by atoms with Crippen LogP contribution in [0.15, 0.2) is 17.2 Å². The van der Waals surface area contributed by atoms with Gasteiger partial charge in [-0.15, -0.1) is 0 Å². The van der Waals surface area contributed by atoms with E-state index in [1.165, 1.54) is 0 Å². The van der Waals surface area contributed by atoms with Gasteiger partial charge in [-0.3, -0.25) is 4.79 Å². The van der Waals surface area contributed by atoms with Crippen molar-refractivity contribution in [2.75, 3.05) is 18.5 Å². The minimum atomic E-state index is -0.860. The number of rotatable bonds is 4. The molecule has 0 spiro atoms. The van der Waals surface area contributed by atoms with Gasteiger partial charge < -0.3 is 14.6 Å². The summed E-state index contributed by atoms with van der Waals surface area (Å²) in [6, 6.07) is 0.0970. The Morgan fingerprint density at radius 3 is 2.59 bits per heavy atom. The molecule has 0 aromatic carbocycles. The molecule has 5 heteroatoms. The smallest absolute Gasteiger partial charge is 0.293 e. The van der Waals surface area contributed by atoms with E-state index in [9.17, 15) is 9.90 Å². The van der Waals surface area contributed by atoms with E-state index in [4.69, 9.17) is 0 Å². The maximum atomic E-state index is 12.1. The lowest BCUT2D eigenvalue weighted by molar-refractivity contribution is 0.0884. The summed E-state index contributed by atoms with van der Waals surface area (Å²) in [6.45, 7) is 7.65. The number of anilines is 1. The van der Waals surface area contributed by atoms with E-state index in [0.717, 1.165) is 0 Å². The van der Waals surface area contributed by atoms with E-state index in [1.54, 1.807) is 42.8 Å². The van der Waals surface area contributed by atoms with Crippen LogP contribution in [0.3, 0.4) is 0 Å². The van der Waals surface area contributed by atoms with E-state index in [-0.39, 0.29) is 11.6 Å². The molecule has 0 aliphatic rings. The first-order valence-corrected chi connectivity index (χ1v) is 5.73. The van der Waals surface area contributed by atoms with Gasteiger partial charge in [0.05, 0.1) is 5.60 Å². The molecular weight excluding hydrogens is 218 g/mol. The van der Waals surface area contributed by atoms with Crippen LogP contribution in [-0.4, -0.2) is 33.9 Å². The van der Waals surface area contributed by atoms with Gasteiger partial charge in [-0.1, -0.05) is 0 Å². The third-order valence-electron chi connectivity index (χ3n) is 2.39. The highest BCUT2D eigenvalue weighted by Crippen LogP contribution is 2.09. The second kappa shape index (κ2) is 4.87. The minimum absolute atomic E-state index is 0.0970. The van der Waals surface area contributed by atoms with Crippen LogP contribution < -0.4 is 10.5 Å². The van der Waals surface area contributed by atoms with E-state index in [1.807, 2.05) is 13.8 Å². The number of hydrogen-bond acceptors (Lipinski definition) is 4. The van der Waals surface area contributed by atoms with Gasteiger partial charge in [0, 0.05) is 32.0 Å². The summed E-state index contributed by atoms with van der Waals surface area (Å²) in [5.41, 5.74) is -0.990. The Hall–Kier alpha value is -1.36. The monoisotopic (exact) mass is 239 g/mol. The van der Waals surface area contributed by atoms with Crippen LogP contribution in [0.2, 0.25) is 0 Å². The highest BCUT2D eigenvalue weighted by atomic mass is 16.3. The summed E-state index contributed by atoms with van der Waals surface area (Å²) in [7, 11) is 1.76. The summed E-state index contributed by atoms with van der Waals surface area (Å²) >= 11 is 0. The maximum absolute atomic E-state index is 12.1. The lowest BCUT2D eigenvalue weighted by Gasteiger charge is -2.26. The van der Waals surface area contributed by atoms with E-state index in [2.05, 4.69) is 4.98 Å². The Morgan fingerprint density at radius 1 is 1.53 bits per heavy atom. The standard InChI is InChI=1S/C12H21N3O2/c1-9(2)15-7-6-13-10(11(15)16)14(5)8-12(3,4)17/h6-7,9,17H,8H2,1-5H3. The molecule has 0 amide bonds. The Labute approximate surface area is 102 Å². The SMILES string of the molecule is CC(C)n1ccnc(N(C)CC(C)(C)O)c1=O. The fraction of sp³-hybridized carbons (Fsp3) is 0.667. The van der Waals surface area contributed by atoms with Crippen molar-refractivity contribution in [3.8, 4) is 0 Å². The van der Waals surface area contributed by atoms with Crippen LogP contribution in [0, 0.1) is 0 Å². The molecule has 96 valence electrons. The molecule has 0 aliphatic carbocycles. The molecule has 1 N–H and O–H groups in total. The molecule has 0 fully saturated rings. The Morgan fingerprint density at radius 2 is 2.12 bits per heavy atom.